The number of nitrogen functional groups attached to an aromatic ring is 1. The Hall–Kier alpha value is -2.43. The van der Waals surface area contributed by atoms with Gasteiger partial charge in [0.1, 0.15) is 0 Å². The third kappa shape index (κ3) is 2.54. The molecule has 0 fully saturated rings. The molecule has 2 N–H and O–H groups in total. The van der Waals surface area contributed by atoms with E-state index < -0.39 is 11.7 Å². The highest BCUT2D eigenvalue weighted by Gasteiger charge is 2.30. The number of nitrogens with two attached hydrogens (primary N) is 1. The molecule has 22 heavy (non-hydrogen) atoms. The van der Waals surface area contributed by atoms with Crippen LogP contribution in [0.15, 0.2) is 54.7 Å². The minimum absolute atomic E-state index is 0.205. The van der Waals surface area contributed by atoms with Crippen LogP contribution in [0.3, 0.4) is 0 Å². The second-order valence-electron chi connectivity index (χ2n) is 5.34. The van der Waals surface area contributed by atoms with Gasteiger partial charge in [-0.15, -0.1) is 0 Å². The van der Waals surface area contributed by atoms with Crippen molar-refractivity contribution in [3.8, 4) is 0 Å². The first-order valence-corrected chi connectivity index (χ1v) is 6.89. The smallest absolute Gasteiger partial charge is 0.399 e. The molecule has 2 aromatic carbocycles. The summed E-state index contributed by atoms with van der Waals surface area (Å²) in [5.74, 6) is 0. The summed E-state index contributed by atoms with van der Waals surface area (Å²) in [5.41, 5.74) is 7.35. The fourth-order valence-electron chi connectivity index (χ4n) is 2.66. The summed E-state index contributed by atoms with van der Waals surface area (Å²) in [4.78, 5) is 0. The topological polar surface area (TPSA) is 30.9 Å². The van der Waals surface area contributed by atoms with E-state index in [0.717, 1.165) is 17.0 Å². The summed E-state index contributed by atoms with van der Waals surface area (Å²) in [6, 6.07) is 12.7. The van der Waals surface area contributed by atoms with Gasteiger partial charge in [-0.05, 0) is 48.9 Å². The lowest BCUT2D eigenvalue weighted by molar-refractivity contribution is -0.137. The molecule has 2 nitrogen and oxygen atoms in total. The van der Waals surface area contributed by atoms with E-state index in [1.807, 2.05) is 35.9 Å². The Morgan fingerprint density at radius 3 is 2.55 bits per heavy atom. The van der Waals surface area contributed by atoms with Crippen LogP contribution in [0, 0.1) is 0 Å². The van der Waals surface area contributed by atoms with Crippen molar-refractivity contribution in [3.05, 3.63) is 65.9 Å². The van der Waals surface area contributed by atoms with Crippen molar-refractivity contribution in [2.75, 3.05) is 5.73 Å². The van der Waals surface area contributed by atoms with Gasteiger partial charge in [-0.3, -0.25) is 0 Å². The Kier molecular flexibility index (Phi) is 3.35. The van der Waals surface area contributed by atoms with E-state index in [1.165, 1.54) is 12.1 Å². The quantitative estimate of drug-likeness (QED) is 0.674. The number of hydrogen-bond donors (Lipinski definition) is 1. The normalized spacial score (nSPS) is 13.5. The van der Waals surface area contributed by atoms with Crippen LogP contribution in [0.5, 0.6) is 0 Å². The van der Waals surface area contributed by atoms with Crippen LogP contribution in [0.25, 0.3) is 10.9 Å². The van der Waals surface area contributed by atoms with Gasteiger partial charge >= 0.3 is 6.18 Å². The summed E-state index contributed by atoms with van der Waals surface area (Å²) >= 11 is 0. The van der Waals surface area contributed by atoms with Crippen molar-refractivity contribution in [2.45, 2.75) is 19.1 Å². The minimum Gasteiger partial charge on any atom is -0.399 e. The Bertz CT molecular complexity index is 818. The number of fused-ring (bicyclic) bond motifs is 1. The van der Waals surface area contributed by atoms with E-state index in [1.54, 1.807) is 12.1 Å². The largest absolute Gasteiger partial charge is 0.416 e. The van der Waals surface area contributed by atoms with Crippen molar-refractivity contribution < 1.29 is 13.2 Å². The third-order valence-electron chi connectivity index (χ3n) is 3.86. The van der Waals surface area contributed by atoms with Crippen molar-refractivity contribution in [1.29, 1.82) is 0 Å². The van der Waals surface area contributed by atoms with E-state index in [0.29, 0.717) is 11.3 Å². The monoisotopic (exact) mass is 304 g/mol. The Morgan fingerprint density at radius 1 is 1.05 bits per heavy atom. The molecular formula is C17H15F3N2. The molecule has 1 unspecified atom stereocenters. The molecule has 1 atom stereocenters. The maximum absolute atomic E-state index is 12.9. The van der Waals surface area contributed by atoms with Crippen molar-refractivity contribution in [3.63, 3.8) is 0 Å². The lowest BCUT2D eigenvalue weighted by Gasteiger charge is -2.17. The summed E-state index contributed by atoms with van der Waals surface area (Å²) in [5, 5.41) is 0.971. The summed E-state index contributed by atoms with van der Waals surface area (Å²) in [6.07, 6.45) is -2.46. The number of anilines is 1. The maximum atomic E-state index is 12.9. The molecule has 1 heterocycles. The fourth-order valence-corrected chi connectivity index (χ4v) is 2.66. The number of alkyl halides is 3. The molecule has 0 amide bonds. The molecule has 0 bridgehead atoms. The molecule has 0 spiro atoms. The van der Waals surface area contributed by atoms with Crippen LogP contribution in [-0.4, -0.2) is 4.57 Å². The highest BCUT2D eigenvalue weighted by Crippen LogP contribution is 2.32. The molecule has 1 aromatic heterocycles. The Balaban J connectivity index is 2.04. The van der Waals surface area contributed by atoms with E-state index in [4.69, 9.17) is 5.73 Å². The zero-order chi connectivity index (χ0) is 15.9. The van der Waals surface area contributed by atoms with Gasteiger partial charge in [0.15, 0.2) is 0 Å². The molecule has 0 aliphatic heterocycles. The zero-order valence-electron chi connectivity index (χ0n) is 11.9. The Labute approximate surface area is 126 Å². The van der Waals surface area contributed by atoms with Crippen molar-refractivity contribution in [1.82, 2.24) is 4.57 Å². The molecule has 0 saturated heterocycles. The van der Waals surface area contributed by atoms with Crippen LogP contribution in [0.4, 0.5) is 18.9 Å². The van der Waals surface area contributed by atoms with E-state index >= 15 is 0 Å². The molecule has 0 saturated carbocycles. The first-order valence-electron chi connectivity index (χ1n) is 6.89. The molecule has 0 radical (unpaired) electrons. The van der Waals surface area contributed by atoms with Crippen LogP contribution in [0.2, 0.25) is 0 Å². The lowest BCUT2D eigenvalue weighted by Crippen LogP contribution is -2.09. The van der Waals surface area contributed by atoms with Gasteiger partial charge < -0.3 is 10.3 Å². The highest BCUT2D eigenvalue weighted by molar-refractivity contribution is 5.83. The lowest BCUT2D eigenvalue weighted by atomic mass is 10.0. The van der Waals surface area contributed by atoms with Gasteiger partial charge in [0.05, 0.1) is 11.6 Å². The zero-order valence-corrected chi connectivity index (χ0v) is 11.9. The third-order valence-corrected chi connectivity index (χ3v) is 3.86. The average molecular weight is 304 g/mol. The van der Waals surface area contributed by atoms with E-state index in [-0.39, 0.29) is 6.04 Å². The molecule has 5 heteroatoms. The van der Waals surface area contributed by atoms with Crippen LogP contribution >= 0.6 is 0 Å². The first kappa shape index (κ1) is 14.5. The number of hydrogen-bond acceptors (Lipinski definition) is 1. The van der Waals surface area contributed by atoms with Crippen LogP contribution in [-0.2, 0) is 6.18 Å². The predicted octanol–water partition coefficient (Wildman–Crippen LogP) is 4.85. The van der Waals surface area contributed by atoms with Gasteiger partial charge in [-0.25, -0.2) is 0 Å². The maximum Gasteiger partial charge on any atom is 0.416 e. The summed E-state index contributed by atoms with van der Waals surface area (Å²) < 4.78 is 40.5. The van der Waals surface area contributed by atoms with Gasteiger partial charge in [0, 0.05) is 22.8 Å². The Morgan fingerprint density at radius 2 is 1.82 bits per heavy atom. The van der Waals surface area contributed by atoms with Gasteiger partial charge in [0.2, 0.25) is 0 Å². The SMILES string of the molecule is CC(c1cccc(C(F)(F)F)c1)n1ccc2cc(N)ccc21. The number of benzene rings is 2. The first-order chi connectivity index (χ1) is 10.4. The standard InChI is InChI=1S/C17H15F3N2/c1-11(12-3-2-4-14(9-12)17(18,19)20)22-8-7-13-10-15(21)5-6-16(13)22/h2-11H,21H2,1H3. The molecule has 0 aliphatic carbocycles. The second-order valence-corrected chi connectivity index (χ2v) is 5.34. The summed E-state index contributed by atoms with van der Waals surface area (Å²) in [7, 11) is 0. The number of halogens is 3. The van der Waals surface area contributed by atoms with E-state index in [2.05, 4.69) is 0 Å². The van der Waals surface area contributed by atoms with Gasteiger partial charge in [-0.1, -0.05) is 12.1 Å². The van der Waals surface area contributed by atoms with Crippen molar-refractivity contribution in [2.24, 2.45) is 0 Å². The average Bonchev–Trinajstić information content (AvgIpc) is 2.88. The molecule has 3 rings (SSSR count). The van der Waals surface area contributed by atoms with E-state index in [9.17, 15) is 13.2 Å². The second kappa shape index (κ2) is 5.09. The number of nitrogens with zero attached hydrogens (tertiary/aromatic N) is 1. The highest BCUT2D eigenvalue weighted by atomic mass is 19.4. The van der Waals surface area contributed by atoms with Crippen LogP contribution < -0.4 is 5.73 Å². The van der Waals surface area contributed by atoms with Crippen LogP contribution in [0.1, 0.15) is 24.1 Å². The fraction of sp³-hybridized carbons (Fsp3) is 0.176. The minimum atomic E-state index is -4.33. The van der Waals surface area contributed by atoms with Gasteiger partial charge in [-0.2, -0.15) is 13.2 Å². The molecule has 0 aliphatic rings. The number of rotatable bonds is 2. The molecule has 114 valence electrons. The molecule has 3 aromatic rings. The summed E-state index contributed by atoms with van der Waals surface area (Å²) in [6.45, 7) is 1.88. The predicted molar refractivity (Wildman–Crippen MR) is 81.6 cm³/mol. The molecular weight excluding hydrogens is 289 g/mol. The number of aromatic nitrogens is 1. The van der Waals surface area contributed by atoms with Crippen molar-refractivity contribution >= 4 is 16.6 Å². The van der Waals surface area contributed by atoms with Gasteiger partial charge in [0.25, 0.3) is 0 Å².